The Morgan fingerprint density at radius 1 is 1.29 bits per heavy atom. The highest BCUT2D eigenvalue weighted by atomic mass is 32.2. The molecule has 3 N–H and O–H groups in total. The van der Waals surface area contributed by atoms with Crippen LogP contribution in [0.25, 0.3) is 0 Å². The van der Waals surface area contributed by atoms with E-state index in [4.69, 9.17) is 10.3 Å². The van der Waals surface area contributed by atoms with Gasteiger partial charge in [0.05, 0.1) is 4.90 Å². The minimum atomic E-state index is -4.00. The van der Waals surface area contributed by atoms with E-state index in [-0.39, 0.29) is 16.2 Å². The predicted molar refractivity (Wildman–Crippen MR) is 81.2 cm³/mol. The maximum Gasteiger partial charge on any atom is 0.294 e. The van der Waals surface area contributed by atoms with Gasteiger partial charge < -0.3 is 5.73 Å². The Morgan fingerprint density at radius 3 is 2.19 bits per heavy atom. The van der Waals surface area contributed by atoms with E-state index < -0.39 is 10.1 Å². The number of rotatable bonds is 2. The summed E-state index contributed by atoms with van der Waals surface area (Å²) in [7, 11) is -4.00. The van der Waals surface area contributed by atoms with Gasteiger partial charge in [0.15, 0.2) is 0 Å². The van der Waals surface area contributed by atoms with Gasteiger partial charge in [-0.1, -0.05) is 44.9 Å². The molecule has 1 aliphatic rings. The van der Waals surface area contributed by atoms with Crippen molar-refractivity contribution in [3.63, 3.8) is 0 Å². The lowest BCUT2D eigenvalue weighted by Crippen LogP contribution is -2.41. The van der Waals surface area contributed by atoms with Crippen LogP contribution in [-0.2, 0) is 14.9 Å². The molecule has 0 spiro atoms. The highest BCUT2D eigenvalue weighted by Gasteiger charge is 2.38. The van der Waals surface area contributed by atoms with Crippen molar-refractivity contribution in [2.24, 2.45) is 17.1 Å². The highest BCUT2D eigenvalue weighted by Crippen LogP contribution is 2.40. The fourth-order valence-electron chi connectivity index (χ4n) is 2.47. The minimum absolute atomic E-state index is 0.0741. The standard InChI is InChI=1S/C9H17NO.C6H6O3S/c1-7-5-3-4-6-9(7,2)8(10)11;7-10(8,9)6-4-2-1-3-5-6/h7H,3-6H2,1-2H3,(H2,10,11);1-5H,(H,7,8,9). The molecule has 0 aliphatic heterocycles. The molecule has 1 aromatic rings. The van der Waals surface area contributed by atoms with Crippen molar-refractivity contribution in [3.05, 3.63) is 30.3 Å². The van der Waals surface area contributed by atoms with Gasteiger partial charge in [-0.05, 0) is 30.9 Å². The first kappa shape index (κ1) is 17.7. The Labute approximate surface area is 126 Å². The first-order chi connectivity index (χ1) is 9.68. The number of carbonyl (C=O) groups excluding carboxylic acids is 1. The van der Waals surface area contributed by atoms with Gasteiger partial charge >= 0.3 is 0 Å². The quantitative estimate of drug-likeness (QED) is 0.820. The van der Waals surface area contributed by atoms with Gasteiger partial charge in [0.25, 0.3) is 10.1 Å². The molecular weight excluding hydrogens is 290 g/mol. The van der Waals surface area contributed by atoms with Crippen molar-refractivity contribution >= 4 is 16.0 Å². The van der Waals surface area contributed by atoms with E-state index in [0.29, 0.717) is 5.92 Å². The van der Waals surface area contributed by atoms with Crippen LogP contribution >= 0.6 is 0 Å². The lowest BCUT2D eigenvalue weighted by Gasteiger charge is -2.36. The van der Waals surface area contributed by atoms with Crippen LogP contribution in [0.3, 0.4) is 0 Å². The van der Waals surface area contributed by atoms with E-state index in [2.05, 4.69) is 6.92 Å². The van der Waals surface area contributed by atoms with Gasteiger partial charge in [0.1, 0.15) is 0 Å². The van der Waals surface area contributed by atoms with Crippen molar-refractivity contribution in [2.75, 3.05) is 0 Å². The Kier molecular flexibility index (Phi) is 5.92. The van der Waals surface area contributed by atoms with E-state index in [1.54, 1.807) is 18.2 Å². The molecule has 118 valence electrons. The van der Waals surface area contributed by atoms with E-state index in [0.717, 1.165) is 19.3 Å². The normalized spacial score (nSPS) is 25.6. The van der Waals surface area contributed by atoms with Crippen LogP contribution in [-0.4, -0.2) is 18.9 Å². The van der Waals surface area contributed by atoms with E-state index in [1.807, 2.05) is 6.92 Å². The molecule has 1 aliphatic carbocycles. The monoisotopic (exact) mass is 313 g/mol. The number of carbonyl (C=O) groups is 1. The first-order valence-electron chi connectivity index (χ1n) is 7.00. The van der Waals surface area contributed by atoms with Crippen molar-refractivity contribution in [1.82, 2.24) is 0 Å². The Bertz CT molecular complexity index is 571. The van der Waals surface area contributed by atoms with Crippen LogP contribution in [0.1, 0.15) is 39.5 Å². The number of benzene rings is 1. The molecule has 21 heavy (non-hydrogen) atoms. The summed E-state index contributed by atoms with van der Waals surface area (Å²) in [5, 5.41) is 0. The summed E-state index contributed by atoms with van der Waals surface area (Å²) in [6, 6.07) is 7.42. The first-order valence-corrected chi connectivity index (χ1v) is 8.44. The molecular formula is C15H23NO4S. The third-order valence-electron chi connectivity index (χ3n) is 4.27. The zero-order valence-corrected chi connectivity index (χ0v) is 13.3. The molecule has 0 heterocycles. The molecule has 5 nitrogen and oxygen atoms in total. The molecule has 1 fully saturated rings. The second-order valence-corrected chi connectivity index (χ2v) is 7.14. The minimum Gasteiger partial charge on any atom is -0.369 e. The Hall–Kier alpha value is -1.40. The van der Waals surface area contributed by atoms with E-state index in [1.165, 1.54) is 18.6 Å². The van der Waals surface area contributed by atoms with Crippen LogP contribution in [0.2, 0.25) is 0 Å². The average molecular weight is 313 g/mol. The lowest BCUT2D eigenvalue weighted by atomic mass is 9.68. The van der Waals surface area contributed by atoms with Gasteiger partial charge in [-0.3, -0.25) is 9.35 Å². The molecule has 1 amide bonds. The third-order valence-corrected chi connectivity index (χ3v) is 5.14. The third kappa shape index (κ3) is 4.82. The Balaban J connectivity index is 0.000000211. The van der Waals surface area contributed by atoms with Crippen molar-refractivity contribution in [2.45, 2.75) is 44.4 Å². The van der Waals surface area contributed by atoms with Crippen LogP contribution in [0.15, 0.2) is 35.2 Å². The molecule has 2 unspecified atom stereocenters. The molecule has 1 aromatic carbocycles. The number of hydrogen-bond donors (Lipinski definition) is 2. The van der Waals surface area contributed by atoms with E-state index >= 15 is 0 Å². The molecule has 6 heteroatoms. The summed E-state index contributed by atoms with van der Waals surface area (Å²) in [5.74, 6) is 0.346. The molecule has 2 rings (SSSR count). The second-order valence-electron chi connectivity index (χ2n) is 5.72. The zero-order valence-electron chi connectivity index (χ0n) is 12.5. The Morgan fingerprint density at radius 2 is 1.86 bits per heavy atom. The van der Waals surface area contributed by atoms with Gasteiger partial charge in [0.2, 0.25) is 5.91 Å². The number of hydrogen-bond acceptors (Lipinski definition) is 3. The SMILES string of the molecule is CC1CCCCC1(C)C(N)=O.O=S(=O)(O)c1ccccc1. The summed E-state index contributed by atoms with van der Waals surface area (Å²) in [5.41, 5.74) is 5.13. The zero-order chi connectivity index (χ0) is 16.1. The van der Waals surface area contributed by atoms with E-state index in [9.17, 15) is 13.2 Å². The second kappa shape index (κ2) is 7.04. The van der Waals surface area contributed by atoms with Crippen LogP contribution in [0.5, 0.6) is 0 Å². The van der Waals surface area contributed by atoms with Crippen molar-refractivity contribution < 1.29 is 17.8 Å². The van der Waals surface area contributed by atoms with Crippen LogP contribution in [0, 0.1) is 11.3 Å². The molecule has 0 saturated heterocycles. The van der Waals surface area contributed by atoms with Crippen LogP contribution < -0.4 is 5.73 Å². The molecule has 0 aromatic heterocycles. The topological polar surface area (TPSA) is 97.5 Å². The fourth-order valence-corrected chi connectivity index (χ4v) is 2.97. The summed E-state index contributed by atoms with van der Waals surface area (Å²) in [6.45, 7) is 4.13. The number of primary amides is 1. The maximum absolute atomic E-state index is 11.1. The molecule has 2 atom stereocenters. The lowest BCUT2D eigenvalue weighted by molar-refractivity contribution is -0.131. The smallest absolute Gasteiger partial charge is 0.294 e. The molecule has 1 saturated carbocycles. The average Bonchev–Trinajstić information content (AvgIpc) is 2.43. The number of amides is 1. The van der Waals surface area contributed by atoms with Crippen molar-refractivity contribution in [3.8, 4) is 0 Å². The predicted octanol–water partition coefficient (Wildman–Crippen LogP) is 2.62. The largest absolute Gasteiger partial charge is 0.369 e. The fraction of sp³-hybridized carbons (Fsp3) is 0.533. The van der Waals surface area contributed by atoms with Gasteiger partial charge in [0, 0.05) is 5.41 Å². The van der Waals surface area contributed by atoms with Gasteiger partial charge in [-0.25, -0.2) is 0 Å². The maximum atomic E-state index is 11.1. The van der Waals surface area contributed by atoms with Gasteiger partial charge in [-0.2, -0.15) is 8.42 Å². The molecule has 0 bridgehead atoms. The highest BCUT2D eigenvalue weighted by molar-refractivity contribution is 7.85. The number of nitrogens with two attached hydrogens (primary N) is 1. The summed E-state index contributed by atoms with van der Waals surface area (Å²) >= 11 is 0. The summed E-state index contributed by atoms with van der Waals surface area (Å²) in [6.07, 6.45) is 4.54. The van der Waals surface area contributed by atoms with Crippen LogP contribution in [0.4, 0.5) is 0 Å². The molecule has 0 radical (unpaired) electrons. The summed E-state index contributed by atoms with van der Waals surface area (Å²) in [4.78, 5) is 11.0. The van der Waals surface area contributed by atoms with Gasteiger partial charge in [-0.15, -0.1) is 0 Å². The van der Waals surface area contributed by atoms with Crippen molar-refractivity contribution in [1.29, 1.82) is 0 Å². The summed E-state index contributed by atoms with van der Waals surface area (Å²) < 4.78 is 29.2.